The fraction of sp³-hybridized carbons (Fsp3) is 0.235. The van der Waals surface area contributed by atoms with Crippen LogP contribution in [0.3, 0.4) is 0 Å². The monoisotopic (exact) mass is 391 g/mol. The zero-order chi connectivity index (χ0) is 20.5. The van der Waals surface area contributed by atoms with Gasteiger partial charge in [-0.2, -0.15) is 0 Å². The molecule has 0 bridgehead atoms. The molecule has 0 saturated carbocycles. The Bertz CT molecular complexity index is 863. The fourth-order valence-electron chi connectivity index (χ4n) is 2.07. The average Bonchev–Trinajstić information content (AvgIpc) is 3.18. The third-order valence-corrected chi connectivity index (χ3v) is 3.28. The number of imide groups is 1. The molecule has 1 aromatic carbocycles. The lowest BCUT2D eigenvalue weighted by Gasteiger charge is -2.08. The van der Waals surface area contributed by atoms with Crippen molar-refractivity contribution in [3.63, 3.8) is 0 Å². The molecule has 148 valence electrons. The average molecular weight is 391 g/mol. The maximum absolute atomic E-state index is 12.0. The zero-order valence-corrected chi connectivity index (χ0v) is 14.8. The van der Waals surface area contributed by atoms with Crippen molar-refractivity contribution in [2.24, 2.45) is 0 Å². The summed E-state index contributed by atoms with van der Waals surface area (Å²) in [5, 5.41) is 15.4. The van der Waals surface area contributed by atoms with Gasteiger partial charge in [-0.05, 0) is 31.2 Å². The van der Waals surface area contributed by atoms with Gasteiger partial charge in [0.05, 0.1) is 29.9 Å². The highest BCUT2D eigenvalue weighted by atomic mass is 16.6. The Kier molecular flexibility index (Phi) is 7.08. The van der Waals surface area contributed by atoms with Gasteiger partial charge in [0.2, 0.25) is 0 Å². The zero-order valence-electron chi connectivity index (χ0n) is 14.8. The van der Waals surface area contributed by atoms with Crippen molar-refractivity contribution in [1.29, 1.82) is 0 Å². The SMILES string of the molecule is CCOc1ccc(C(=O)OCC(=O)NC(=O)NCc2ccco2)cc1[N+](=O)[O-]. The number of nitro benzene ring substituents is 1. The molecule has 0 fully saturated rings. The highest BCUT2D eigenvalue weighted by Crippen LogP contribution is 2.28. The molecule has 3 amide bonds. The summed E-state index contributed by atoms with van der Waals surface area (Å²) in [6.45, 7) is 1.21. The molecule has 0 radical (unpaired) electrons. The van der Waals surface area contributed by atoms with Crippen LogP contribution in [0.1, 0.15) is 23.0 Å². The van der Waals surface area contributed by atoms with Gasteiger partial charge in [0.15, 0.2) is 12.4 Å². The van der Waals surface area contributed by atoms with Crippen LogP contribution in [0.4, 0.5) is 10.5 Å². The summed E-state index contributed by atoms with van der Waals surface area (Å²) in [5.74, 6) is -1.33. The van der Waals surface area contributed by atoms with Crippen LogP contribution < -0.4 is 15.4 Å². The molecule has 0 spiro atoms. The number of amides is 3. The number of esters is 1. The Morgan fingerprint density at radius 2 is 2.04 bits per heavy atom. The number of furan rings is 1. The van der Waals surface area contributed by atoms with E-state index < -0.39 is 35.1 Å². The standard InChI is InChI=1S/C17H17N3O8/c1-2-26-14-6-5-11(8-13(14)20(24)25)16(22)28-10-15(21)19-17(23)18-9-12-4-3-7-27-12/h3-8H,2,9-10H2,1H3,(H2,18,19,21,23). The Balaban J connectivity index is 1.85. The van der Waals surface area contributed by atoms with E-state index in [1.54, 1.807) is 19.1 Å². The van der Waals surface area contributed by atoms with Crippen molar-refractivity contribution in [3.8, 4) is 5.75 Å². The van der Waals surface area contributed by atoms with Gasteiger partial charge in [-0.1, -0.05) is 0 Å². The minimum Gasteiger partial charge on any atom is -0.487 e. The maximum Gasteiger partial charge on any atom is 0.338 e. The van der Waals surface area contributed by atoms with Crippen LogP contribution in [-0.2, 0) is 16.1 Å². The third-order valence-electron chi connectivity index (χ3n) is 3.28. The third kappa shape index (κ3) is 5.83. The largest absolute Gasteiger partial charge is 0.487 e. The highest BCUT2D eigenvalue weighted by molar-refractivity contribution is 5.97. The van der Waals surface area contributed by atoms with Crippen molar-refractivity contribution < 1.29 is 33.2 Å². The molecule has 28 heavy (non-hydrogen) atoms. The van der Waals surface area contributed by atoms with Crippen LogP contribution in [0.2, 0.25) is 0 Å². The van der Waals surface area contributed by atoms with E-state index in [0.29, 0.717) is 5.76 Å². The van der Waals surface area contributed by atoms with Gasteiger partial charge in [-0.15, -0.1) is 0 Å². The molecule has 2 N–H and O–H groups in total. The van der Waals surface area contributed by atoms with Gasteiger partial charge < -0.3 is 19.2 Å². The minimum atomic E-state index is -0.961. The van der Waals surface area contributed by atoms with Crippen molar-refractivity contribution in [2.45, 2.75) is 13.5 Å². The summed E-state index contributed by atoms with van der Waals surface area (Å²) in [7, 11) is 0. The first-order valence-corrected chi connectivity index (χ1v) is 8.09. The number of carbonyl (C=O) groups excluding carboxylic acids is 3. The number of carbonyl (C=O) groups is 3. The summed E-state index contributed by atoms with van der Waals surface area (Å²) >= 11 is 0. The summed E-state index contributed by atoms with van der Waals surface area (Å²) in [4.78, 5) is 45.6. The number of nitro groups is 1. The lowest BCUT2D eigenvalue weighted by molar-refractivity contribution is -0.385. The first-order valence-electron chi connectivity index (χ1n) is 8.09. The molecule has 11 nitrogen and oxygen atoms in total. The summed E-state index contributed by atoms with van der Waals surface area (Å²) in [6.07, 6.45) is 1.44. The van der Waals surface area contributed by atoms with Gasteiger partial charge >= 0.3 is 17.7 Å². The summed E-state index contributed by atoms with van der Waals surface area (Å²) in [5.41, 5.74) is -0.539. The molecule has 0 aliphatic carbocycles. The number of nitrogens with one attached hydrogen (secondary N) is 2. The van der Waals surface area contributed by atoms with E-state index in [9.17, 15) is 24.5 Å². The molecule has 1 aromatic heterocycles. The first kappa shape index (κ1) is 20.4. The molecular weight excluding hydrogens is 374 g/mol. The number of hydrogen-bond acceptors (Lipinski definition) is 8. The van der Waals surface area contributed by atoms with E-state index in [4.69, 9.17) is 13.9 Å². The molecule has 0 unspecified atom stereocenters. The topological polar surface area (TPSA) is 150 Å². The molecule has 0 aliphatic heterocycles. The number of hydrogen-bond donors (Lipinski definition) is 2. The van der Waals surface area contributed by atoms with Crippen LogP contribution >= 0.6 is 0 Å². The van der Waals surface area contributed by atoms with E-state index in [-0.39, 0.29) is 24.5 Å². The van der Waals surface area contributed by atoms with Gasteiger partial charge in [0.25, 0.3) is 5.91 Å². The molecule has 2 aromatic rings. The van der Waals surface area contributed by atoms with Gasteiger partial charge in [0, 0.05) is 6.07 Å². The molecule has 2 rings (SSSR count). The van der Waals surface area contributed by atoms with Crippen LogP contribution in [0.15, 0.2) is 41.0 Å². The van der Waals surface area contributed by atoms with Crippen LogP contribution in [0.5, 0.6) is 5.75 Å². The van der Waals surface area contributed by atoms with Gasteiger partial charge in [0.1, 0.15) is 5.76 Å². The van der Waals surface area contributed by atoms with E-state index in [0.717, 1.165) is 6.07 Å². The van der Waals surface area contributed by atoms with Crippen LogP contribution in [0, 0.1) is 10.1 Å². The van der Waals surface area contributed by atoms with E-state index in [1.807, 2.05) is 5.32 Å². The second-order valence-electron chi connectivity index (χ2n) is 5.26. The van der Waals surface area contributed by atoms with Crippen molar-refractivity contribution in [2.75, 3.05) is 13.2 Å². The molecule has 0 saturated heterocycles. The second kappa shape index (κ2) is 9.71. The van der Waals surface area contributed by atoms with E-state index >= 15 is 0 Å². The molecule has 0 aliphatic rings. The molecule has 11 heteroatoms. The normalized spacial score (nSPS) is 10.0. The smallest absolute Gasteiger partial charge is 0.338 e. The second-order valence-corrected chi connectivity index (χ2v) is 5.26. The quantitative estimate of drug-likeness (QED) is 0.393. The Labute approximate surface area is 158 Å². The van der Waals surface area contributed by atoms with Crippen molar-refractivity contribution >= 4 is 23.6 Å². The summed E-state index contributed by atoms with van der Waals surface area (Å²) < 4.78 is 14.9. The molecule has 0 atom stereocenters. The van der Waals surface area contributed by atoms with E-state index in [2.05, 4.69) is 5.32 Å². The Morgan fingerprint density at radius 1 is 1.25 bits per heavy atom. The molecular formula is C17H17N3O8. The first-order chi connectivity index (χ1) is 13.4. The number of rotatable bonds is 8. The number of ether oxygens (including phenoxy) is 2. The van der Waals surface area contributed by atoms with Crippen molar-refractivity contribution in [1.82, 2.24) is 10.6 Å². The van der Waals surface area contributed by atoms with Gasteiger partial charge in [-0.3, -0.25) is 20.2 Å². The number of urea groups is 1. The number of benzene rings is 1. The minimum absolute atomic E-state index is 0.00928. The van der Waals surface area contributed by atoms with Crippen molar-refractivity contribution in [3.05, 3.63) is 58.0 Å². The van der Waals surface area contributed by atoms with E-state index in [1.165, 1.54) is 18.4 Å². The maximum atomic E-state index is 12.0. The predicted molar refractivity (Wildman–Crippen MR) is 93.6 cm³/mol. The fourth-order valence-corrected chi connectivity index (χ4v) is 2.07. The Morgan fingerprint density at radius 3 is 2.68 bits per heavy atom. The number of nitrogens with zero attached hydrogens (tertiary/aromatic N) is 1. The van der Waals surface area contributed by atoms with Gasteiger partial charge in [-0.25, -0.2) is 9.59 Å². The lowest BCUT2D eigenvalue weighted by Crippen LogP contribution is -2.41. The lowest BCUT2D eigenvalue weighted by atomic mass is 10.2. The predicted octanol–water partition coefficient (Wildman–Crippen LogP) is 1.77. The highest BCUT2D eigenvalue weighted by Gasteiger charge is 2.20. The molecule has 1 heterocycles. The Hall–Kier alpha value is -3.89. The van der Waals surface area contributed by atoms with Crippen LogP contribution in [0.25, 0.3) is 0 Å². The van der Waals surface area contributed by atoms with Crippen LogP contribution in [-0.4, -0.2) is 36.0 Å². The summed E-state index contributed by atoms with van der Waals surface area (Å²) in [6, 6.07) is 6.01.